The minimum absolute atomic E-state index is 0.104. The Hall–Kier alpha value is -3.46. The average molecular weight is 419 g/mol. The maximum atomic E-state index is 12.9. The monoisotopic (exact) mass is 419 g/mol. The second-order valence-corrected chi connectivity index (χ2v) is 8.03. The van der Waals surface area contributed by atoms with Crippen LogP contribution in [0.25, 0.3) is 17.2 Å². The number of aromatic nitrogens is 4. The van der Waals surface area contributed by atoms with E-state index in [-0.39, 0.29) is 11.7 Å². The average Bonchev–Trinajstić information content (AvgIpc) is 3.19. The van der Waals surface area contributed by atoms with Crippen LogP contribution in [0.15, 0.2) is 30.6 Å². The molecule has 3 aromatic rings. The van der Waals surface area contributed by atoms with Crippen LogP contribution < -0.4 is 10.5 Å². The van der Waals surface area contributed by atoms with E-state index >= 15 is 0 Å². The third-order valence-electron chi connectivity index (χ3n) is 6.05. The van der Waals surface area contributed by atoms with Gasteiger partial charge in [0.2, 0.25) is 0 Å². The van der Waals surface area contributed by atoms with Crippen molar-refractivity contribution in [3.8, 4) is 23.0 Å². The van der Waals surface area contributed by atoms with Gasteiger partial charge in [0.05, 0.1) is 12.8 Å². The highest BCUT2D eigenvalue weighted by Gasteiger charge is 2.25. The minimum atomic E-state index is -0.104. The van der Waals surface area contributed by atoms with Crippen LogP contribution in [0.4, 0.5) is 5.82 Å². The van der Waals surface area contributed by atoms with E-state index in [1.54, 1.807) is 13.3 Å². The molecule has 2 N–H and O–H groups in total. The summed E-state index contributed by atoms with van der Waals surface area (Å²) in [6, 6.07) is 6.02. The minimum Gasteiger partial charge on any atom is -0.497 e. The predicted octanol–water partition coefficient (Wildman–Crippen LogP) is 1.41. The molecule has 1 aliphatic heterocycles. The number of piperazine rings is 1. The van der Waals surface area contributed by atoms with Crippen molar-refractivity contribution in [1.29, 1.82) is 0 Å². The number of nitrogens with two attached hydrogens (primary N) is 1. The highest BCUT2D eigenvalue weighted by Crippen LogP contribution is 2.34. The van der Waals surface area contributed by atoms with Gasteiger partial charge >= 0.3 is 0 Å². The lowest BCUT2D eigenvalue weighted by atomic mass is 9.90. The molecule has 1 aliphatic carbocycles. The summed E-state index contributed by atoms with van der Waals surface area (Å²) in [6.07, 6.45) is 5.25. The molecule has 2 aliphatic rings. The lowest BCUT2D eigenvalue weighted by Crippen LogP contribution is -2.47. The van der Waals surface area contributed by atoms with Crippen molar-refractivity contribution in [3.63, 3.8) is 0 Å². The van der Waals surface area contributed by atoms with Gasteiger partial charge in [-0.3, -0.25) is 4.79 Å². The molecule has 9 nitrogen and oxygen atoms in total. The van der Waals surface area contributed by atoms with Crippen molar-refractivity contribution in [2.75, 3.05) is 46.1 Å². The second-order valence-electron chi connectivity index (χ2n) is 8.03. The maximum Gasteiger partial charge on any atom is 0.259 e. The van der Waals surface area contributed by atoms with Gasteiger partial charge in [-0.1, -0.05) is 0 Å². The first kappa shape index (κ1) is 19.5. The molecule has 0 spiro atoms. The van der Waals surface area contributed by atoms with E-state index in [0.717, 1.165) is 48.5 Å². The summed E-state index contributed by atoms with van der Waals surface area (Å²) in [7, 11) is 3.72. The van der Waals surface area contributed by atoms with Gasteiger partial charge in [0.1, 0.15) is 11.3 Å². The molecule has 0 saturated carbocycles. The molecule has 1 aromatic carbocycles. The maximum absolute atomic E-state index is 12.9. The molecule has 1 saturated heterocycles. The molecule has 160 valence electrons. The first-order valence-corrected chi connectivity index (χ1v) is 10.4. The van der Waals surface area contributed by atoms with E-state index in [0.29, 0.717) is 24.6 Å². The molecular weight excluding hydrogens is 394 g/mol. The number of hydrogen-bond acceptors (Lipinski definition) is 7. The third kappa shape index (κ3) is 3.50. The summed E-state index contributed by atoms with van der Waals surface area (Å²) in [5.41, 5.74) is 10.7. The smallest absolute Gasteiger partial charge is 0.259 e. The number of methoxy groups -OCH3 is 1. The molecular formula is C22H25N7O2. The number of anilines is 1. The van der Waals surface area contributed by atoms with Crippen molar-refractivity contribution in [2.45, 2.75) is 12.8 Å². The number of nitrogens with zero attached hydrogens (tertiary/aromatic N) is 6. The quantitative estimate of drug-likeness (QED) is 0.685. The van der Waals surface area contributed by atoms with E-state index < -0.39 is 0 Å². The summed E-state index contributed by atoms with van der Waals surface area (Å²) in [4.78, 5) is 26.2. The summed E-state index contributed by atoms with van der Waals surface area (Å²) < 4.78 is 6.85. The molecule has 3 heterocycles. The topological polar surface area (TPSA) is 102 Å². The van der Waals surface area contributed by atoms with Crippen LogP contribution in [0.1, 0.15) is 21.5 Å². The fourth-order valence-corrected chi connectivity index (χ4v) is 4.16. The molecule has 9 heteroatoms. The fourth-order valence-electron chi connectivity index (χ4n) is 4.16. The van der Waals surface area contributed by atoms with Crippen LogP contribution in [0.2, 0.25) is 0 Å². The number of carbonyl (C=O) groups is 1. The van der Waals surface area contributed by atoms with Gasteiger partial charge in [0.15, 0.2) is 5.82 Å². The molecule has 1 fully saturated rings. The van der Waals surface area contributed by atoms with E-state index in [2.05, 4.69) is 28.1 Å². The largest absolute Gasteiger partial charge is 0.497 e. The van der Waals surface area contributed by atoms with Gasteiger partial charge in [-0.2, -0.15) is 0 Å². The Kier molecular flexibility index (Phi) is 4.82. The van der Waals surface area contributed by atoms with Gasteiger partial charge in [-0.15, -0.1) is 5.10 Å². The van der Waals surface area contributed by atoms with Crippen molar-refractivity contribution >= 4 is 11.7 Å². The Labute approximate surface area is 180 Å². The van der Waals surface area contributed by atoms with E-state index in [9.17, 15) is 4.79 Å². The summed E-state index contributed by atoms with van der Waals surface area (Å²) >= 11 is 0. The van der Waals surface area contributed by atoms with Gasteiger partial charge in [0.25, 0.3) is 11.9 Å². The van der Waals surface area contributed by atoms with Crippen molar-refractivity contribution in [1.82, 2.24) is 29.5 Å². The molecule has 0 unspecified atom stereocenters. The van der Waals surface area contributed by atoms with E-state index in [1.165, 1.54) is 10.2 Å². The van der Waals surface area contributed by atoms with Crippen LogP contribution in [-0.2, 0) is 12.8 Å². The third-order valence-corrected chi connectivity index (χ3v) is 6.05. The zero-order valence-corrected chi connectivity index (χ0v) is 17.7. The molecule has 5 rings (SSSR count). The normalized spacial score (nSPS) is 16.0. The number of hydrogen-bond donors (Lipinski definition) is 1. The Bertz CT molecular complexity index is 1150. The zero-order valence-electron chi connectivity index (χ0n) is 17.7. The van der Waals surface area contributed by atoms with Crippen LogP contribution in [0.5, 0.6) is 5.75 Å². The first-order valence-electron chi connectivity index (χ1n) is 10.4. The zero-order chi connectivity index (χ0) is 21.5. The van der Waals surface area contributed by atoms with Crippen LogP contribution >= 0.6 is 0 Å². The van der Waals surface area contributed by atoms with Gasteiger partial charge in [-0.05, 0) is 49.2 Å². The Balaban J connectivity index is 1.47. The molecule has 0 bridgehead atoms. The molecule has 2 aromatic heterocycles. The first-order chi connectivity index (χ1) is 15.0. The Morgan fingerprint density at radius 2 is 1.90 bits per heavy atom. The summed E-state index contributed by atoms with van der Waals surface area (Å²) in [6.45, 7) is 3.04. The number of ether oxygens (including phenoxy) is 1. The number of likely N-dealkylation sites (N-methyl/N-ethyl adjacent to an activating group) is 1. The number of amides is 1. The summed E-state index contributed by atoms with van der Waals surface area (Å²) in [5.74, 6) is 1.32. The molecule has 1 amide bonds. The second kappa shape index (κ2) is 7.66. The summed E-state index contributed by atoms with van der Waals surface area (Å²) in [5, 5.41) is 4.34. The van der Waals surface area contributed by atoms with Gasteiger partial charge in [-0.25, -0.2) is 14.6 Å². The Morgan fingerprint density at radius 3 is 2.68 bits per heavy atom. The fraction of sp³-hybridized carbons (Fsp3) is 0.364. The number of aryl methyl sites for hydroxylation is 2. The van der Waals surface area contributed by atoms with Gasteiger partial charge < -0.3 is 20.3 Å². The lowest BCUT2D eigenvalue weighted by Gasteiger charge is -2.32. The number of nitrogen functional groups attached to an aromatic ring is 1. The van der Waals surface area contributed by atoms with Crippen LogP contribution in [-0.4, -0.2) is 75.8 Å². The molecule has 0 radical (unpaired) electrons. The lowest BCUT2D eigenvalue weighted by molar-refractivity contribution is 0.0665. The highest BCUT2D eigenvalue weighted by atomic mass is 16.5. The van der Waals surface area contributed by atoms with Crippen molar-refractivity contribution < 1.29 is 9.53 Å². The molecule has 0 atom stereocenters. The SMILES string of the molecule is COc1ccc2c(c1)CCc1cnc(-n3cc(C(=O)N4CCN(C)CC4)c(N)n3)nc1-2. The Morgan fingerprint density at radius 1 is 1.13 bits per heavy atom. The van der Waals surface area contributed by atoms with Crippen LogP contribution in [0, 0.1) is 0 Å². The number of carbonyl (C=O) groups excluding carboxylic acids is 1. The highest BCUT2D eigenvalue weighted by molar-refractivity contribution is 5.98. The standard InChI is InChI=1S/C22H25N7O2/c1-27-7-9-28(10-8-27)21(30)18-13-29(26-20(18)23)22-24-12-15-4-3-14-11-16(31-2)5-6-17(14)19(15)25-22/h5-6,11-13H,3-4,7-10H2,1-2H3,(H2,23,26). The van der Waals surface area contributed by atoms with E-state index in [1.807, 2.05) is 23.2 Å². The number of fused-ring (bicyclic) bond motifs is 3. The van der Waals surface area contributed by atoms with Crippen molar-refractivity contribution in [2.24, 2.45) is 0 Å². The molecule has 31 heavy (non-hydrogen) atoms. The van der Waals surface area contributed by atoms with E-state index in [4.69, 9.17) is 15.5 Å². The van der Waals surface area contributed by atoms with Crippen LogP contribution in [0.3, 0.4) is 0 Å². The number of rotatable bonds is 3. The number of benzene rings is 1. The predicted molar refractivity (Wildman–Crippen MR) is 116 cm³/mol. The van der Waals surface area contributed by atoms with Gasteiger partial charge in [0, 0.05) is 44.1 Å². The van der Waals surface area contributed by atoms with Crippen molar-refractivity contribution in [3.05, 3.63) is 47.3 Å².